The molecule has 0 aromatic carbocycles. The van der Waals surface area contributed by atoms with Crippen molar-refractivity contribution in [3.63, 3.8) is 0 Å². The molecule has 0 aliphatic heterocycles. The van der Waals surface area contributed by atoms with Crippen molar-refractivity contribution in [1.29, 1.82) is 0 Å². The van der Waals surface area contributed by atoms with E-state index in [1.54, 1.807) is 13.8 Å². The smallest absolute Gasteiger partial charge is 0.302 e. The number of carbonyl (C=O) groups is 2. The van der Waals surface area contributed by atoms with Crippen LogP contribution in [0.25, 0.3) is 0 Å². The summed E-state index contributed by atoms with van der Waals surface area (Å²) in [6.45, 7) is 51.9. The standard InChI is InChI=1S/10C6H14.2C4H8O2/c10*1-3-5-6-4-2;2*1-3-6-4(2)5/h10*3-6H2,1-2H3;2*3H2,1-2H3. The Balaban J connectivity index is -0.0000000545. The van der Waals surface area contributed by atoms with Gasteiger partial charge in [-0.15, -0.1) is 0 Å². The molecule has 0 N–H and O–H groups in total. The van der Waals surface area contributed by atoms with Crippen LogP contribution in [0.15, 0.2) is 0 Å². The number of unbranched alkanes of at least 4 members (excludes halogenated alkanes) is 30. The molecule has 0 aromatic rings. The number of esters is 2. The highest BCUT2D eigenvalue weighted by molar-refractivity contribution is 5.66. The van der Waals surface area contributed by atoms with Gasteiger partial charge in [-0.05, 0) is 13.8 Å². The fourth-order valence-corrected chi connectivity index (χ4v) is 5.41. The van der Waals surface area contributed by atoms with Crippen molar-refractivity contribution in [3.05, 3.63) is 0 Å². The lowest BCUT2D eigenvalue weighted by atomic mass is 10.2. The van der Waals surface area contributed by atoms with Crippen molar-refractivity contribution in [1.82, 2.24) is 0 Å². The molecule has 0 heterocycles. The van der Waals surface area contributed by atoms with Crippen LogP contribution in [0.1, 0.15) is 423 Å². The Hall–Kier alpha value is -1.06. The summed E-state index contributed by atoms with van der Waals surface area (Å²) >= 11 is 0. The topological polar surface area (TPSA) is 52.6 Å². The molecule has 0 fully saturated rings. The minimum atomic E-state index is -0.211. The molecule has 0 bridgehead atoms. The normalized spacial score (nSPS) is 8.78. The van der Waals surface area contributed by atoms with Gasteiger partial charge in [-0.2, -0.15) is 0 Å². The third-order valence-electron chi connectivity index (χ3n) is 10.3. The fourth-order valence-electron chi connectivity index (χ4n) is 5.41. The van der Waals surface area contributed by atoms with Crippen LogP contribution in [-0.4, -0.2) is 25.2 Å². The van der Waals surface area contributed by atoms with Gasteiger partial charge in [0.15, 0.2) is 0 Å². The number of ether oxygens (including phenoxy) is 2. The van der Waals surface area contributed by atoms with Gasteiger partial charge in [0.05, 0.1) is 13.2 Å². The van der Waals surface area contributed by atoms with E-state index in [1.807, 2.05) is 0 Å². The first-order valence-corrected chi connectivity index (χ1v) is 33.0. The monoisotopic (exact) mass is 1040 g/mol. The minimum Gasteiger partial charge on any atom is -0.466 e. The minimum absolute atomic E-state index is 0.211. The lowest BCUT2D eigenvalue weighted by Crippen LogP contribution is -1.95. The molecule has 0 radical (unpaired) electrons. The molecule has 0 aromatic heterocycles. The van der Waals surface area contributed by atoms with Gasteiger partial charge in [-0.3, -0.25) is 9.59 Å². The predicted molar refractivity (Wildman–Crippen MR) is 343 cm³/mol. The molecule has 0 aliphatic rings. The first-order valence-electron chi connectivity index (χ1n) is 33.0. The van der Waals surface area contributed by atoms with E-state index in [2.05, 4.69) is 148 Å². The summed E-state index contributed by atoms with van der Waals surface area (Å²) in [6, 6.07) is 0. The lowest BCUT2D eigenvalue weighted by molar-refractivity contribution is -0.141. The Bertz CT molecular complexity index is 476. The largest absolute Gasteiger partial charge is 0.466 e. The van der Waals surface area contributed by atoms with Crippen LogP contribution in [0.2, 0.25) is 0 Å². The molecule has 4 nitrogen and oxygen atoms in total. The van der Waals surface area contributed by atoms with E-state index >= 15 is 0 Å². The van der Waals surface area contributed by atoms with Gasteiger partial charge in [-0.1, -0.05) is 395 Å². The molecule has 0 atom stereocenters. The number of hydrogen-bond acceptors (Lipinski definition) is 4. The van der Waals surface area contributed by atoms with Crippen molar-refractivity contribution in [2.24, 2.45) is 0 Å². The molecular weight excluding hydrogens is 881 g/mol. The van der Waals surface area contributed by atoms with E-state index in [0.29, 0.717) is 13.2 Å². The SMILES string of the molecule is CCCCCC.CCCCCC.CCCCCC.CCCCCC.CCCCCC.CCCCCC.CCCCCC.CCCCCC.CCCCCC.CCCCCC.CCOC(C)=O.CCOC(C)=O. The molecule has 452 valence electrons. The summed E-state index contributed by atoms with van der Waals surface area (Å²) < 4.78 is 8.81. The highest BCUT2D eigenvalue weighted by atomic mass is 16.5. The average molecular weight is 1040 g/mol. The summed E-state index contributed by atoms with van der Waals surface area (Å²) in [7, 11) is 0. The van der Waals surface area contributed by atoms with Gasteiger partial charge in [0.1, 0.15) is 0 Å². The highest BCUT2D eigenvalue weighted by Gasteiger charge is 1.83. The van der Waals surface area contributed by atoms with E-state index in [4.69, 9.17) is 0 Å². The van der Waals surface area contributed by atoms with Crippen molar-refractivity contribution in [2.45, 2.75) is 423 Å². The first-order chi connectivity index (χ1) is 34.7. The molecule has 0 saturated heterocycles. The molecular formula is C68H156O4. The molecule has 72 heavy (non-hydrogen) atoms. The zero-order chi connectivity index (χ0) is 58.3. The van der Waals surface area contributed by atoms with Crippen LogP contribution in [0.3, 0.4) is 0 Å². The van der Waals surface area contributed by atoms with E-state index in [1.165, 1.54) is 271 Å². The number of rotatable bonds is 32. The Morgan fingerprint density at radius 2 is 0.250 bits per heavy atom. The van der Waals surface area contributed by atoms with Crippen molar-refractivity contribution < 1.29 is 19.1 Å². The maximum atomic E-state index is 9.82. The Labute approximate surface area is 465 Å². The number of carbonyl (C=O) groups excluding carboxylic acids is 2. The van der Waals surface area contributed by atoms with Crippen molar-refractivity contribution in [2.75, 3.05) is 13.2 Å². The summed E-state index contributed by atoms with van der Waals surface area (Å²) in [5.41, 5.74) is 0. The Kier molecular flexibility index (Phi) is 193. The molecule has 0 amide bonds. The van der Waals surface area contributed by atoms with Gasteiger partial charge >= 0.3 is 11.9 Å². The molecule has 0 saturated carbocycles. The maximum Gasteiger partial charge on any atom is 0.302 e. The molecule has 0 rings (SSSR count). The summed E-state index contributed by atoms with van der Waals surface area (Å²) in [4.78, 5) is 19.6. The Morgan fingerprint density at radius 1 is 0.181 bits per heavy atom. The molecule has 4 heteroatoms. The van der Waals surface area contributed by atoms with Gasteiger partial charge in [0.2, 0.25) is 0 Å². The van der Waals surface area contributed by atoms with Crippen LogP contribution < -0.4 is 0 Å². The molecule has 0 aliphatic carbocycles. The van der Waals surface area contributed by atoms with E-state index in [-0.39, 0.29) is 11.9 Å². The third-order valence-corrected chi connectivity index (χ3v) is 10.3. The zero-order valence-corrected chi connectivity index (χ0v) is 56.3. The second kappa shape index (κ2) is 139. The van der Waals surface area contributed by atoms with Crippen LogP contribution in [0.5, 0.6) is 0 Å². The van der Waals surface area contributed by atoms with E-state index in [0.717, 1.165) is 0 Å². The van der Waals surface area contributed by atoms with E-state index < -0.39 is 0 Å². The predicted octanol–water partition coefficient (Wildman–Crippen LogP) is 27.0. The Morgan fingerprint density at radius 3 is 0.264 bits per heavy atom. The zero-order valence-electron chi connectivity index (χ0n) is 56.3. The fraction of sp³-hybridized carbons (Fsp3) is 0.971. The third kappa shape index (κ3) is 261. The van der Waals surface area contributed by atoms with Gasteiger partial charge in [0, 0.05) is 13.8 Å². The molecule has 0 spiro atoms. The second-order valence-electron chi connectivity index (χ2n) is 18.9. The molecule has 0 unspecified atom stereocenters. The van der Waals surface area contributed by atoms with E-state index in [9.17, 15) is 9.59 Å². The number of hydrogen-bond donors (Lipinski definition) is 0. The highest BCUT2D eigenvalue weighted by Crippen LogP contribution is 2.00. The lowest BCUT2D eigenvalue weighted by Gasteiger charge is -1.89. The van der Waals surface area contributed by atoms with Crippen LogP contribution in [0.4, 0.5) is 0 Å². The van der Waals surface area contributed by atoms with Crippen LogP contribution >= 0.6 is 0 Å². The van der Waals surface area contributed by atoms with Crippen LogP contribution in [0, 0.1) is 0 Å². The average Bonchev–Trinajstić information content (AvgIpc) is 3.38. The maximum absolute atomic E-state index is 9.82. The summed E-state index contributed by atoms with van der Waals surface area (Å²) in [6.07, 6.45) is 55.4. The second-order valence-corrected chi connectivity index (χ2v) is 18.9. The first kappa shape index (κ1) is 99.9. The van der Waals surface area contributed by atoms with Gasteiger partial charge in [0.25, 0.3) is 0 Å². The van der Waals surface area contributed by atoms with Gasteiger partial charge in [-0.25, -0.2) is 0 Å². The summed E-state index contributed by atoms with van der Waals surface area (Å²) in [5, 5.41) is 0. The van der Waals surface area contributed by atoms with Gasteiger partial charge < -0.3 is 9.47 Å². The summed E-state index contributed by atoms with van der Waals surface area (Å²) in [5.74, 6) is -0.421. The van der Waals surface area contributed by atoms with Crippen molar-refractivity contribution in [3.8, 4) is 0 Å². The quantitative estimate of drug-likeness (QED) is 0.0498. The van der Waals surface area contributed by atoms with Crippen LogP contribution in [-0.2, 0) is 19.1 Å². The van der Waals surface area contributed by atoms with Crippen molar-refractivity contribution >= 4 is 11.9 Å².